The van der Waals surface area contributed by atoms with Crippen LogP contribution in [-0.2, 0) is 10.8 Å². The van der Waals surface area contributed by atoms with Crippen LogP contribution in [0.4, 0.5) is 34.1 Å². The Morgan fingerprint density at radius 2 is 0.579 bits per heavy atom. The van der Waals surface area contributed by atoms with E-state index in [9.17, 15) is 0 Å². The van der Waals surface area contributed by atoms with Crippen molar-refractivity contribution in [3.8, 4) is 44.5 Å². The number of rotatable bonds is 8. The fourth-order valence-electron chi connectivity index (χ4n) is 13.0. The summed E-state index contributed by atoms with van der Waals surface area (Å²) >= 11 is 0. The Balaban J connectivity index is 0.868. The lowest BCUT2D eigenvalue weighted by Gasteiger charge is -2.28. The van der Waals surface area contributed by atoms with E-state index in [-0.39, 0.29) is 10.8 Å². The molecule has 0 atom stereocenters. The molecule has 2 heteroatoms. The fourth-order valence-corrected chi connectivity index (χ4v) is 13.0. The maximum absolute atomic E-state index is 2.49. The SMILES string of the molecule is Cc1ccc(N(c2ccccc2)c2ccc3c(c2)C(C)(C)c2cc(-c4cc5cc(-c6ccc7c(c6)C(C)(C)c6cc(N(c8ccccc8)c8ccc(C)cc8)ccc6-7)c6ccccc6c5c5ccccc45)ccc2-3)cc1. The number of hydrogen-bond donors (Lipinski definition) is 0. The first-order chi connectivity index (χ1) is 37.0. The van der Waals surface area contributed by atoms with Gasteiger partial charge in [-0.05, 0) is 210 Å². The van der Waals surface area contributed by atoms with E-state index in [0.29, 0.717) is 0 Å². The lowest BCUT2D eigenvalue weighted by Crippen LogP contribution is -2.16. The van der Waals surface area contributed by atoms with Gasteiger partial charge in [0.05, 0.1) is 0 Å². The van der Waals surface area contributed by atoms with Gasteiger partial charge in [0.1, 0.15) is 0 Å². The van der Waals surface area contributed by atoms with Crippen molar-refractivity contribution >= 4 is 66.4 Å². The third-order valence-electron chi connectivity index (χ3n) is 16.9. The molecule has 0 heterocycles. The fraction of sp³-hybridized carbons (Fsp3) is 0.108. The van der Waals surface area contributed by atoms with Gasteiger partial charge in [-0.15, -0.1) is 0 Å². The van der Waals surface area contributed by atoms with Crippen LogP contribution < -0.4 is 9.80 Å². The lowest BCUT2D eigenvalue weighted by molar-refractivity contribution is 0.660. The van der Waals surface area contributed by atoms with Gasteiger partial charge in [0, 0.05) is 45.0 Å². The predicted octanol–water partition coefficient (Wildman–Crippen LogP) is 20.6. The molecule has 12 aromatic rings. The van der Waals surface area contributed by atoms with E-state index in [2.05, 4.69) is 294 Å². The maximum atomic E-state index is 2.49. The number of nitrogens with zero attached hydrogens (tertiary/aromatic N) is 2. The summed E-state index contributed by atoms with van der Waals surface area (Å²) in [5.41, 5.74) is 24.6. The molecular weight excluding hydrogens is 917 g/mol. The molecular formula is C74H58N2. The van der Waals surface area contributed by atoms with Crippen LogP contribution in [0.15, 0.2) is 243 Å². The van der Waals surface area contributed by atoms with Crippen LogP contribution in [0.5, 0.6) is 0 Å². The van der Waals surface area contributed by atoms with E-state index in [1.165, 1.54) is 110 Å². The summed E-state index contributed by atoms with van der Waals surface area (Å²) in [5.74, 6) is 0. The van der Waals surface area contributed by atoms with Crippen molar-refractivity contribution in [2.45, 2.75) is 52.4 Å². The summed E-state index contributed by atoms with van der Waals surface area (Å²) in [6, 6.07) is 90.9. The quantitative estimate of drug-likeness (QED) is 0.140. The third kappa shape index (κ3) is 7.15. The zero-order chi connectivity index (χ0) is 51.5. The van der Waals surface area contributed by atoms with E-state index in [0.717, 1.165) is 34.1 Å². The van der Waals surface area contributed by atoms with Crippen LogP contribution in [0.2, 0.25) is 0 Å². The zero-order valence-corrected chi connectivity index (χ0v) is 44.0. The van der Waals surface area contributed by atoms with Crippen LogP contribution in [-0.4, -0.2) is 0 Å². The van der Waals surface area contributed by atoms with Gasteiger partial charge in [-0.25, -0.2) is 0 Å². The number of para-hydroxylation sites is 2. The first-order valence-electron chi connectivity index (χ1n) is 26.8. The number of hydrogen-bond acceptors (Lipinski definition) is 2. The predicted molar refractivity (Wildman–Crippen MR) is 324 cm³/mol. The van der Waals surface area contributed by atoms with E-state index in [1.807, 2.05) is 0 Å². The zero-order valence-electron chi connectivity index (χ0n) is 44.0. The van der Waals surface area contributed by atoms with Crippen LogP contribution in [0.25, 0.3) is 76.8 Å². The van der Waals surface area contributed by atoms with Crippen LogP contribution >= 0.6 is 0 Å². The second-order valence-corrected chi connectivity index (χ2v) is 22.3. The van der Waals surface area contributed by atoms with Crippen molar-refractivity contribution in [3.05, 3.63) is 276 Å². The molecule has 0 saturated carbocycles. The summed E-state index contributed by atoms with van der Waals surface area (Å²) in [6.45, 7) is 13.9. The normalized spacial score (nSPS) is 13.6. The standard InChI is InChI=1S/C74H58N2/c1-47-25-31-54(32-26-47)75(52-17-9-7-10-18-52)56-35-39-62-60-37-29-49(43-68(60)73(3,4)70(62)45-56)66-41-51-42-67(59-22-14-16-24-65(59)72(51)64-23-15-13-21-58(64)66)50-30-38-61-63-40-36-57(46-71(63)74(5,6)69(61)44-50)76(53-19-11-8-12-20-53)55-33-27-48(2)28-34-55/h7-46H,1-6H3. The van der Waals surface area contributed by atoms with Crippen molar-refractivity contribution in [1.82, 2.24) is 0 Å². The minimum absolute atomic E-state index is 0.229. The first-order valence-corrected chi connectivity index (χ1v) is 26.8. The summed E-state index contributed by atoms with van der Waals surface area (Å²) in [7, 11) is 0. The van der Waals surface area contributed by atoms with Gasteiger partial charge in [-0.3, -0.25) is 0 Å². The molecule has 2 nitrogen and oxygen atoms in total. The van der Waals surface area contributed by atoms with E-state index < -0.39 is 0 Å². The van der Waals surface area contributed by atoms with Crippen molar-refractivity contribution < 1.29 is 0 Å². The van der Waals surface area contributed by atoms with E-state index in [1.54, 1.807) is 0 Å². The van der Waals surface area contributed by atoms with E-state index in [4.69, 9.17) is 0 Å². The second kappa shape index (κ2) is 17.3. The number of fused-ring (bicyclic) bond motifs is 11. The number of benzene rings is 12. The highest BCUT2D eigenvalue weighted by molar-refractivity contribution is 6.26. The third-order valence-corrected chi connectivity index (χ3v) is 16.9. The van der Waals surface area contributed by atoms with Gasteiger partial charge >= 0.3 is 0 Å². The largest absolute Gasteiger partial charge is 0.310 e. The minimum atomic E-state index is -0.229. The van der Waals surface area contributed by atoms with Gasteiger partial charge in [0.2, 0.25) is 0 Å². The van der Waals surface area contributed by atoms with Crippen molar-refractivity contribution in [2.24, 2.45) is 0 Å². The van der Waals surface area contributed by atoms with E-state index >= 15 is 0 Å². The highest BCUT2D eigenvalue weighted by atomic mass is 15.1. The molecule has 0 aliphatic heterocycles. The molecule has 0 amide bonds. The summed E-state index contributed by atoms with van der Waals surface area (Å²) < 4.78 is 0. The van der Waals surface area contributed by atoms with Crippen LogP contribution in [0.1, 0.15) is 61.1 Å². The molecule has 0 radical (unpaired) electrons. The smallest absolute Gasteiger partial charge is 0.0465 e. The molecule has 2 aliphatic carbocycles. The molecule has 0 unspecified atom stereocenters. The lowest BCUT2D eigenvalue weighted by atomic mass is 9.80. The molecule has 364 valence electrons. The molecule has 0 bridgehead atoms. The highest BCUT2D eigenvalue weighted by Crippen LogP contribution is 2.55. The molecule has 0 fully saturated rings. The topological polar surface area (TPSA) is 6.48 Å². The van der Waals surface area contributed by atoms with Crippen molar-refractivity contribution in [3.63, 3.8) is 0 Å². The maximum Gasteiger partial charge on any atom is 0.0465 e. The van der Waals surface area contributed by atoms with Gasteiger partial charge in [0.15, 0.2) is 0 Å². The average Bonchev–Trinajstić information content (AvgIpc) is 3.84. The van der Waals surface area contributed by atoms with Gasteiger partial charge in [0.25, 0.3) is 0 Å². The Morgan fingerprint density at radius 3 is 0.974 bits per heavy atom. The second-order valence-electron chi connectivity index (χ2n) is 22.3. The van der Waals surface area contributed by atoms with Crippen LogP contribution in [0, 0.1) is 13.8 Å². The Morgan fingerprint density at radius 1 is 0.263 bits per heavy atom. The summed E-state index contributed by atoms with van der Waals surface area (Å²) in [4.78, 5) is 4.77. The monoisotopic (exact) mass is 974 g/mol. The van der Waals surface area contributed by atoms with Crippen molar-refractivity contribution in [2.75, 3.05) is 9.80 Å². The Labute approximate surface area is 446 Å². The molecule has 76 heavy (non-hydrogen) atoms. The molecule has 2 aliphatic rings. The van der Waals surface area contributed by atoms with Crippen LogP contribution in [0.3, 0.4) is 0 Å². The van der Waals surface area contributed by atoms with Gasteiger partial charge < -0.3 is 9.80 Å². The molecule has 0 N–H and O–H groups in total. The first kappa shape index (κ1) is 45.6. The molecule has 0 saturated heterocycles. The molecule has 0 spiro atoms. The highest BCUT2D eigenvalue weighted by Gasteiger charge is 2.38. The molecule has 0 aromatic heterocycles. The molecule has 12 aromatic carbocycles. The van der Waals surface area contributed by atoms with Gasteiger partial charge in [-0.2, -0.15) is 0 Å². The summed E-state index contributed by atoms with van der Waals surface area (Å²) in [5, 5.41) is 7.64. The average molecular weight is 975 g/mol. The number of aryl methyl sites for hydroxylation is 2. The number of anilines is 6. The minimum Gasteiger partial charge on any atom is -0.310 e. The van der Waals surface area contributed by atoms with Crippen molar-refractivity contribution in [1.29, 1.82) is 0 Å². The summed E-state index contributed by atoms with van der Waals surface area (Å²) in [6.07, 6.45) is 0. The Hall–Kier alpha value is -8.98. The van der Waals surface area contributed by atoms with Gasteiger partial charge in [-0.1, -0.05) is 184 Å². The Bertz CT molecular complexity index is 4000. The Kier molecular flexibility index (Phi) is 10.4. The molecule has 14 rings (SSSR count).